The standard InChI is InChI=1S/C32H37ClN2O3/c1-23(2)28-17-8-9-18-30(28)38-22-31(36)35(21-25-13-10-14-26(33)19-25)29(20-24-11-4-3-5-12-24)32(37)34-27-15-6-7-16-27/h3-5,8-14,17-19,23,27,29H,6-7,15-16,20-22H2,1-2H3,(H,34,37)/t29-/m0/s1. The van der Waals surface area contributed by atoms with Gasteiger partial charge in [0.25, 0.3) is 5.91 Å². The van der Waals surface area contributed by atoms with Crippen LogP contribution < -0.4 is 10.1 Å². The first-order valence-corrected chi connectivity index (χ1v) is 13.9. The third kappa shape index (κ3) is 7.61. The lowest BCUT2D eigenvalue weighted by molar-refractivity contribution is -0.143. The molecule has 2 amide bonds. The average Bonchev–Trinajstić information content (AvgIpc) is 3.43. The monoisotopic (exact) mass is 532 g/mol. The molecule has 0 radical (unpaired) electrons. The van der Waals surface area contributed by atoms with E-state index in [1.807, 2.05) is 72.8 Å². The van der Waals surface area contributed by atoms with Crippen molar-refractivity contribution in [3.05, 3.63) is 101 Å². The predicted molar refractivity (Wildman–Crippen MR) is 152 cm³/mol. The number of para-hydroxylation sites is 1. The van der Waals surface area contributed by atoms with Crippen LogP contribution in [-0.2, 0) is 22.6 Å². The summed E-state index contributed by atoms with van der Waals surface area (Å²) in [6.45, 7) is 4.29. The van der Waals surface area contributed by atoms with Gasteiger partial charge in [0.15, 0.2) is 6.61 Å². The molecule has 0 bridgehead atoms. The van der Waals surface area contributed by atoms with E-state index in [-0.39, 0.29) is 36.9 Å². The molecule has 0 aliphatic heterocycles. The Morgan fingerprint density at radius 3 is 2.34 bits per heavy atom. The van der Waals surface area contributed by atoms with Crippen molar-refractivity contribution in [1.29, 1.82) is 0 Å². The first-order chi connectivity index (χ1) is 18.4. The number of halogens is 1. The molecule has 0 saturated heterocycles. The maximum atomic E-state index is 13.8. The maximum Gasteiger partial charge on any atom is 0.261 e. The first kappa shape index (κ1) is 27.7. The number of nitrogens with zero attached hydrogens (tertiary/aromatic N) is 1. The first-order valence-electron chi connectivity index (χ1n) is 13.5. The van der Waals surface area contributed by atoms with Crippen LogP contribution in [0.1, 0.15) is 62.1 Å². The van der Waals surface area contributed by atoms with Gasteiger partial charge >= 0.3 is 0 Å². The van der Waals surface area contributed by atoms with Crippen molar-refractivity contribution < 1.29 is 14.3 Å². The number of benzene rings is 3. The van der Waals surface area contributed by atoms with E-state index in [0.717, 1.165) is 42.4 Å². The lowest BCUT2D eigenvalue weighted by Gasteiger charge is -2.32. The summed E-state index contributed by atoms with van der Waals surface area (Å²) >= 11 is 6.27. The van der Waals surface area contributed by atoms with E-state index in [1.165, 1.54) is 0 Å². The van der Waals surface area contributed by atoms with Crippen molar-refractivity contribution in [3.8, 4) is 5.75 Å². The molecular weight excluding hydrogens is 496 g/mol. The van der Waals surface area contributed by atoms with Gasteiger partial charge < -0.3 is 15.0 Å². The topological polar surface area (TPSA) is 58.6 Å². The van der Waals surface area contributed by atoms with Crippen LogP contribution in [0.4, 0.5) is 0 Å². The zero-order chi connectivity index (χ0) is 26.9. The number of nitrogens with one attached hydrogen (secondary N) is 1. The lowest BCUT2D eigenvalue weighted by Crippen LogP contribution is -2.53. The van der Waals surface area contributed by atoms with Crippen LogP contribution in [0.5, 0.6) is 5.75 Å². The van der Waals surface area contributed by atoms with Crippen molar-refractivity contribution in [2.24, 2.45) is 0 Å². The van der Waals surface area contributed by atoms with Crippen molar-refractivity contribution in [3.63, 3.8) is 0 Å². The van der Waals surface area contributed by atoms with Gasteiger partial charge in [-0.3, -0.25) is 9.59 Å². The Hall–Kier alpha value is -3.31. The van der Waals surface area contributed by atoms with Crippen molar-refractivity contribution in [1.82, 2.24) is 10.2 Å². The van der Waals surface area contributed by atoms with Gasteiger partial charge in [-0.15, -0.1) is 0 Å². The van der Waals surface area contributed by atoms with Gasteiger partial charge in [-0.25, -0.2) is 0 Å². The number of hydrogen-bond acceptors (Lipinski definition) is 3. The van der Waals surface area contributed by atoms with Crippen LogP contribution >= 0.6 is 11.6 Å². The minimum absolute atomic E-state index is 0.126. The summed E-state index contributed by atoms with van der Waals surface area (Å²) in [6, 6.07) is 24.5. The number of hydrogen-bond donors (Lipinski definition) is 1. The van der Waals surface area contributed by atoms with Gasteiger partial charge in [-0.1, -0.05) is 99.0 Å². The van der Waals surface area contributed by atoms with Crippen molar-refractivity contribution >= 4 is 23.4 Å². The number of amides is 2. The fraction of sp³-hybridized carbons (Fsp3) is 0.375. The molecule has 0 spiro atoms. The Morgan fingerprint density at radius 2 is 1.63 bits per heavy atom. The third-order valence-electron chi connectivity index (χ3n) is 7.11. The van der Waals surface area contributed by atoms with E-state index in [0.29, 0.717) is 17.2 Å². The number of carbonyl (C=O) groups excluding carboxylic acids is 2. The molecular formula is C32H37ClN2O3. The van der Waals surface area contributed by atoms with E-state index in [2.05, 4.69) is 19.2 Å². The summed E-state index contributed by atoms with van der Waals surface area (Å²) in [5, 5.41) is 3.82. The van der Waals surface area contributed by atoms with Gasteiger partial charge in [0.05, 0.1) is 0 Å². The van der Waals surface area contributed by atoms with E-state index in [4.69, 9.17) is 16.3 Å². The summed E-state index contributed by atoms with van der Waals surface area (Å²) < 4.78 is 6.07. The summed E-state index contributed by atoms with van der Waals surface area (Å²) in [4.78, 5) is 29.3. The lowest BCUT2D eigenvalue weighted by atomic mass is 10.0. The summed E-state index contributed by atoms with van der Waals surface area (Å²) in [6.07, 6.45) is 4.58. The van der Waals surface area contributed by atoms with Gasteiger partial charge in [0.1, 0.15) is 11.8 Å². The Kier molecular flexibility index (Phi) is 9.83. The smallest absolute Gasteiger partial charge is 0.261 e. The molecule has 38 heavy (non-hydrogen) atoms. The van der Waals surface area contributed by atoms with Crippen LogP contribution in [0.25, 0.3) is 0 Å². The Labute approximate surface area is 231 Å². The molecule has 1 aliphatic carbocycles. The molecule has 1 atom stereocenters. The molecule has 1 fully saturated rings. The largest absolute Gasteiger partial charge is 0.483 e. The second-order valence-corrected chi connectivity index (χ2v) is 10.8. The highest BCUT2D eigenvalue weighted by Gasteiger charge is 2.32. The van der Waals surface area contributed by atoms with Crippen molar-refractivity contribution in [2.75, 3.05) is 6.61 Å². The molecule has 6 heteroatoms. The normalized spacial score (nSPS) is 14.3. The number of ether oxygens (including phenoxy) is 1. The Bertz CT molecular complexity index is 1210. The minimum atomic E-state index is -0.687. The second kappa shape index (κ2) is 13.5. The quantitative estimate of drug-likeness (QED) is 0.305. The van der Waals surface area contributed by atoms with Crippen LogP contribution in [0, 0.1) is 0 Å². The highest BCUT2D eigenvalue weighted by atomic mass is 35.5. The molecule has 5 nitrogen and oxygen atoms in total. The Balaban J connectivity index is 1.63. The third-order valence-corrected chi connectivity index (χ3v) is 7.34. The van der Waals surface area contributed by atoms with E-state index in [9.17, 15) is 9.59 Å². The molecule has 1 saturated carbocycles. The van der Waals surface area contributed by atoms with Gasteiger partial charge in [-0.2, -0.15) is 0 Å². The number of rotatable bonds is 11. The van der Waals surface area contributed by atoms with E-state index >= 15 is 0 Å². The molecule has 3 aromatic rings. The summed E-state index contributed by atoms with van der Waals surface area (Å²) in [7, 11) is 0. The Morgan fingerprint density at radius 1 is 0.947 bits per heavy atom. The molecule has 3 aromatic carbocycles. The van der Waals surface area contributed by atoms with Gasteiger partial charge in [-0.05, 0) is 53.6 Å². The number of carbonyl (C=O) groups is 2. The average molecular weight is 533 g/mol. The molecule has 1 aliphatic rings. The SMILES string of the molecule is CC(C)c1ccccc1OCC(=O)N(Cc1cccc(Cl)c1)[C@@H](Cc1ccccc1)C(=O)NC1CCCC1. The molecule has 0 aromatic heterocycles. The summed E-state index contributed by atoms with van der Waals surface area (Å²) in [5.41, 5.74) is 2.90. The van der Waals surface area contributed by atoms with Crippen LogP contribution in [0.15, 0.2) is 78.9 Å². The van der Waals surface area contributed by atoms with E-state index in [1.54, 1.807) is 11.0 Å². The van der Waals surface area contributed by atoms with Crippen LogP contribution in [-0.4, -0.2) is 35.4 Å². The van der Waals surface area contributed by atoms with Gasteiger partial charge in [0.2, 0.25) is 5.91 Å². The van der Waals surface area contributed by atoms with E-state index < -0.39 is 6.04 Å². The zero-order valence-electron chi connectivity index (χ0n) is 22.2. The van der Waals surface area contributed by atoms with Crippen molar-refractivity contribution in [2.45, 2.75) is 70.5 Å². The highest BCUT2D eigenvalue weighted by molar-refractivity contribution is 6.30. The zero-order valence-corrected chi connectivity index (χ0v) is 23.0. The second-order valence-electron chi connectivity index (χ2n) is 10.3. The molecule has 1 N–H and O–H groups in total. The predicted octanol–water partition coefficient (Wildman–Crippen LogP) is 6.54. The molecule has 0 unspecified atom stereocenters. The molecule has 4 rings (SSSR count). The summed E-state index contributed by atoms with van der Waals surface area (Å²) in [5.74, 6) is 0.574. The minimum Gasteiger partial charge on any atom is -0.483 e. The fourth-order valence-corrected chi connectivity index (χ4v) is 5.28. The fourth-order valence-electron chi connectivity index (χ4n) is 5.06. The molecule has 0 heterocycles. The maximum absolute atomic E-state index is 13.8. The highest BCUT2D eigenvalue weighted by Crippen LogP contribution is 2.26. The van der Waals surface area contributed by atoms with Crippen LogP contribution in [0.2, 0.25) is 5.02 Å². The molecule has 200 valence electrons. The van der Waals surface area contributed by atoms with Crippen LogP contribution in [0.3, 0.4) is 0 Å². The van der Waals surface area contributed by atoms with Gasteiger partial charge in [0, 0.05) is 24.0 Å².